The lowest BCUT2D eigenvalue weighted by atomic mass is 10.2. The number of amides is 1. The van der Waals surface area contributed by atoms with Gasteiger partial charge in [-0.1, -0.05) is 24.3 Å². The van der Waals surface area contributed by atoms with Gasteiger partial charge in [0.25, 0.3) is 5.91 Å². The van der Waals surface area contributed by atoms with Crippen LogP contribution in [0.3, 0.4) is 0 Å². The van der Waals surface area contributed by atoms with Crippen LogP contribution in [-0.4, -0.2) is 15.9 Å². The largest absolute Gasteiger partial charge is 0.416 e. The van der Waals surface area contributed by atoms with E-state index in [0.29, 0.717) is 5.56 Å². The van der Waals surface area contributed by atoms with E-state index in [2.05, 4.69) is 26.1 Å². The molecule has 0 bridgehead atoms. The molecule has 5 N–H and O–H groups in total. The van der Waals surface area contributed by atoms with E-state index in [1.54, 1.807) is 30.3 Å². The first-order chi connectivity index (χ1) is 13.3. The zero-order valence-corrected chi connectivity index (χ0v) is 14.3. The molecule has 2 aromatic carbocycles. The maximum Gasteiger partial charge on any atom is 0.416 e. The van der Waals surface area contributed by atoms with Gasteiger partial charge in [-0.2, -0.15) is 13.2 Å². The normalized spacial score (nSPS) is 11.0. The average molecular weight is 388 g/mol. The van der Waals surface area contributed by atoms with Gasteiger partial charge in [0.05, 0.1) is 5.56 Å². The summed E-state index contributed by atoms with van der Waals surface area (Å²) < 4.78 is 38.5. The number of nitrogen functional groups attached to an aromatic ring is 1. The fourth-order valence-corrected chi connectivity index (χ4v) is 2.28. The van der Waals surface area contributed by atoms with Crippen LogP contribution in [0.25, 0.3) is 0 Å². The number of hydrogen-bond acceptors (Lipinski definition) is 6. The van der Waals surface area contributed by atoms with Crippen LogP contribution < -0.4 is 21.9 Å². The summed E-state index contributed by atoms with van der Waals surface area (Å²) >= 11 is 0. The lowest BCUT2D eigenvalue weighted by molar-refractivity contribution is -0.137. The summed E-state index contributed by atoms with van der Waals surface area (Å²) in [6.45, 7) is 0. The number of nitrogens with one attached hydrogen (secondary N) is 3. The van der Waals surface area contributed by atoms with Gasteiger partial charge in [0.1, 0.15) is 12.0 Å². The molecule has 1 aromatic heterocycles. The second-order valence-corrected chi connectivity index (χ2v) is 5.63. The van der Waals surface area contributed by atoms with Crippen molar-refractivity contribution in [1.82, 2.24) is 15.4 Å². The smallest absolute Gasteiger partial charge is 0.393 e. The van der Waals surface area contributed by atoms with E-state index in [-0.39, 0.29) is 23.0 Å². The lowest BCUT2D eigenvalue weighted by Crippen LogP contribution is -2.30. The number of benzene rings is 2. The van der Waals surface area contributed by atoms with Gasteiger partial charge in [-0.05, 0) is 30.3 Å². The number of carbonyl (C=O) groups excluding carboxylic acids is 1. The minimum Gasteiger partial charge on any atom is -0.393 e. The number of alkyl halides is 3. The molecule has 7 nitrogen and oxygen atoms in total. The summed E-state index contributed by atoms with van der Waals surface area (Å²) in [5.41, 5.74) is 10.8. The van der Waals surface area contributed by atoms with Crippen LogP contribution in [0.2, 0.25) is 0 Å². The number of hydrogen-bond donors (Lipinski definition) is 4. The molecule has 0 atom stereocenters. The Bertz CT molecular complexity index is 979. The molecule has 0 unspecified atom stereocenters. The van der Waals surface area contributed by atoms with Crippen molar-refractivity contribution in [3.05, 3.63) is 72.1 Å². The molecule has 0 aliphatic carbocycles. The Kier molecular flexibility index (Phi) is 5.30. The van der Waals surface area contributed by atoms with E-state index in [1.807, 2.05) is 0 Å². The highest BCUT2D eigenvalue weighted by molar-refractivity contribution is 5.95. The summed E-state index contributed by atoms with van der Waals surface area (Å²) in [6, 6.07) is 13.1. The van der Waals surface area contributed by atoms with Crippen LogP contribution in [0.1, 0.15) is 15.9 Å². The third-order valence-electron chi connectivity index (χ3n) is 3.67. The second-order valence-electron chi connectivity index (χ2n) is 5.63. The molecule has 10 heteroatoms. The highest BCUT2D eigenvalue weighted by Gasteiger charge is 2.30. The molecule has 144 valence electrons. The number of nitrogens with zero attached hydrogens (tertiary/aromatic N) is 2. The van der Waals surface area contributed by atoms with Crippen molar-refractivity contribution in [3.63, 3.8) is 0 Å². The van der Waals surface area contributed by atoms with Crippen molar-refractivity contribution in [2.45, 2.75) is 6.18 Å². The van der Waals surface area contributed by atoms with Gasteiger partial charge in [0.2, 0.25) is 0 Å². The summed E-state index contributed by atoms with van der Waals surface area (Å²) in [5.74, 6) is -0.231. The Labute approximate surface area is 157 Å². The Morgan fingerprint density at radius 3 is 2.39 bits per heavy atom. The fourth-order valence-electron chi connectivity index (χ4n) is 2.28. The molecule has 1 heterocycles. The number of aromatic nitrogens is 2. The number of nitrogens with two attached hydrogens (primary N) is 1. The molecule has 0 aliphatic rings. The van der Waals surface area contributed by atoms with Crippen LogP contribution in [0.15, 0.2) is 60.9 Å². The van der Waals surface area contributed by atoms with E-state index in [1.165, 1.54) is 12.1 Å². The molecule has 0 spiro atoms. The average Bonchev–Trinajstić information content (AvgIpc) is 2.69. The van der Waals surface area contributed by atoms with Crippen molar-refractivity contribution in [1.29, 1.82) is 0 Å². The van der Waals surface area contributed by atoms with E-state index >= 15 is 0 Å². The lowest BCUT2D eigenvalue weighted by Gasteiger charge is -2.14. The van der Waals surface area contributed by atoms with E-state index in [4.69, 9.17) is 5.73 Å². The minimum absolute atomic E-state index is 0.0215. The maximum absolute atomic E-state index is 12.8. The van der Waals surface area contributed by atoms with Gasteiger partial charge >= 0.3 is 6.18 Å². The minimum atomic E-state index is -4.47. The molecule has 1 amide bonds. The zero-order chi connectivity index (χ0) is 20.1. The van der Waals surface area contributed by atoms with Crippen LogP contribution in [0.4, 0.5) is 36.2 Å². The summed E-state index contributed by atoms with van der Waals surface area (Å²) in [7, 11) is 0. The van der Waals surface area contributed by atoms with Gasteiger partial charge < -0.3 is 11.1 Å². The van der Waals surface area contributed by atoms with Crippen LogP contribution in [0, 0.1) is 0 Å². The summed E-state index contributed by atoms with van der Waals surface area (Å²) in [4.78, 5) is 19.9. The van der Waals surface area contributed by atoms with Gasteiger partial charge in [-0.15, -0.1) is 0 Å². The monoisotopic (exact) mass is 388 g/mol. The van der Waals surface area contributed by atoms with Crippen LogP contribution in [0.5, 0.6) is 0 Å². The predicted molar refractivity (Wildman–Crippen MR) is 98.7 cm³/mol. The molecule has 0 saturated carbocycles. The van der Waals surface area contributed by atoms with Crippen molar-refractivity contribution in [3.8, 4) is 0 Å². The van der Waals surface area contributed by atoms with Gasteiger partial charge in [-0.25, -0.2) is 9.97 Å². The van der Waals surface area contributed by atoms with Gasteiger partial charge in [0.15, 0.2) is 11.6 Å². The topological polar surface area (TPSA) is 105 Å². The zero-order valence-electron chi connectivity index (χ0n) is 14.3. The number of carbonyl (C=O) groups is 1. The molecule has 3 rings (SSSR count). The van der Waals surface area contributed by atoms with Crippen LogP contribution >= 0.6 is 0 Å². The van der Waals surface area contributed by atoms with Crippen molar-refractivity contribution < 1.29 is 18.0 Å². The second kappa shape index (κ2) is 7.82. The summed E-state index contributed by atoms with van der Waals surface area (Å²) in [6.07, 6.45) is -3.31. The van der Waals surface area contributed by atoms with Gasteiger partial charge in [0, 0.05) is 11.3 Å². The molecular weight excluding hydrogens is 373 g/mol. The number of hydrazine groups is 1. The first-order valence-corrected chi connectivity index (χ1v) is 8.01. The van der Waals surface area contributed by atoms with E-state index < -0.39 is 17.6 Å². The standard InChI is InChI=1S/C18H15F3N6O/c19-18(20,21)12-7-4-8-13(9-12)25-15-14(22)16(24-10-23-15)26-27-17(28)11-5-2-1-3-6-11/h1-10H,22H2,(H,27,28)(H2,23,24,25,26). The van der Waals surface area contributed by atoms with Crippen molar-refractivity contribution in [2.24, 2.45) is 0 Å². The van der Waals surface area contributed by atoms with Crippen LogP contribution in [-0.2, 0) is 6.18 Å². The van der Waals surface area contributed by atoms with E-state index in [0.717, 1.165) is 18.5 Å². The molecule has 0 aliphatic heterocycles. The number of rotatable bonds is 5. The summed E-state index contributed by atoms with van der Waals surface area (Å²) in [5, 5.41) is 2.72. The Morgan fingerprint density at radius 1 is 0.964 bits per heavy atom. The molecule has 0 radical (unpaired) electrons. The van der Waals surface area contributed by atoms with Crippen molar-refractivity contribution in [2.75, 3.05) is 16.5 Å². The number of anilines is 4. The molecule has 0 saturated heterocycles. The first kappa shape index (κ1) is 19.0. The third-order valence-corrected chi connectivity index (χ3v) is 3.67. The predicted octanol–water partition coefficient (Wildman–Crippen LogP) is 3.58. The van der Waals surface area contributed by atoms with Gasteiger partial charge in [-0.3, -0.25) is 15.6 Å². The molecule has 0 fully saturated rings. The highest BCUT2D eigenvalue weighted by atomic mass is 19.4. The Morgan fingerprint density at radius 2 is 1.68 bits per heavy atom. The van der Waals surface area contributed by atoms with Crippen molar-refractivity contribution >= 4 is 28.9 Å². The quantitative estimate of drug-likeness (QED) is 0.498. The SMILES string of the molecule is Nc1c(NNC(=O)c2ccccc2)ncnc1Nc1cccc(C(F)(F)F)c1. The van der Waals surface area contributed by atoms with E-state index in [9.17, 15) is 18.0 Å². The highest BCUT2D eigenvalue weighted by Crippen LogP contribution is 2.32. The molecular formula is C18H15F3N6O. The molecule has 3 aromatic rings. The number of halogens is 3. The third kappa shape index (κ3) is 4.47. The Balaban J connectivity index is 1.74. The maximum atomic E-state index is 12.8. The fraction of sp³-hybridized carbons (Fsp3) is 0.0556. The Hall–Kier alpha value is -3.82. The molecule has 28 heavy (non-hydrogen) atoms. The first-order valence-electron chi connectivity index (χ1n) is 8.01.